The first-order valence-electron chi connectivity index (χ1n) is 5.13. The molecule has 0 bridgehead atoms. The molecule has 0 radical (unpaired) electrons. The molecule has 0 saturated carbocycles. The summed E-state index contributed by atoms with van der Waals surface area (Å²) in [6.45, 7) is -0.0618. The van der Waals surface area contributed by atoms with E-state index < -0.39 is 12.0 Å². The zero-order valence-electron chi connectivity index (χ0n) is 9.04. The number of carboxylic acid groups (broad SMARTS) is 1. The molecule has 0 saturated heterocycles. The molecule has 1 atom stereocenters. The first-order chi connectivity index (χ1) is 8.16. The first-order valence-corrected chi connectivity index (χ1v) is 5.13. The van der Waals surface area contributed by atoms with E-state index in [1.165, 1.54) is 0 Å². The van der Waals surface area contributed by atoms with E-state index in [-0.39, 0.29) is 6.61 Å². The number of rotatable bonds is 4. The third-order valence-corrected chi connectivity index (χ3v) is 2.32. The molecule has 1 aromatic carbocycles. The molecule has 88 valence electrons. The van der Waals surface area contributed by atoms with E-state index in [1.807, 2.05) is 18.2 Å². The number of carboxylic acids is 1. The zero-order valence-corrected chi connectivity index (χ0v) is 9.04. The normalized spacial score (nSPS) is 12.3. The fraction of sp³-hybridized carbons (Fsp3) is 0.167. The third-order valence-electron chi connectivity index (χ3n) is 2.32. The van der Waals surface area contributed by atoms with Crippen LogP contribution in [0.3, 0.4) is 0 Å². The molecular weight excluding hydrogens is 220 g/mol. The maximum atomic E-state index is 10.5. The van der Waals surface area contributed by atoms with Crippen LogP contribution in [0.25, 0.3) is 10.9 Å². The van der Waals surface area contributed by atoms with E-state index >= 15 is 0 Å². The number of benzene rings is 1. The van der Waals surface area contributed by atoms with Crippen molar-refractivity contribution in [3.8, 4) is 5.75 Å². The van der Waals surface area contributed by atoms with Crippen molar-refractivity contribution >= 4 is 16.9 Å². The Bertz CT molecular complexity index is 542. The molecule has 2 aromatic rings. The molecule has 1 heterocycles. The van der Waals surface area contributed by atoms with Crippen LogP contribution in [0.15, 0.2) is 36.5 Å². The summed E-state index contributed by atoms with van der Waals surface area (Å²) in [5.74, 6) is -0.517. The van der Waals surface area contributed by atoms with Crippen LogP contribution in [0.2, 0.25) is 0 Å². The number of aromatic nitrogens is 1. The van der Waals surface area contributed by atoms with E-state index in [0.29, 0.717) is 5.75 Å². The van der Waals surface area contributed by atoms with E-state index in [2.05, 4.69) is 4.98 Å². The van der Waals surface area contributed by atoms with Crippen LogP contribution < -0.4 is 10.5 Å². The van der Waals surface area contributed by atoms with Crippen LogP contribution in [0.1, 0.15) is 0 Å². The van der Waals surface area contributed by atoms with Gasteiger partial charge in [-0.05, 0) is 18.2 Å². The van der Waals surface area contributed by atoms with Crippen molar-refractivity contribution in [2.45, 2.75) is 6.04 Å². The Balaban J connectivity index is 2.12. The van der Waals surface area contributed by atoms with Gasteiger partial charge in [-0.15, -0.1) is 0 Å². The third kappa shape index (κ3) is 2.70. The summed E-state index contributed by atoms with van der Waals surface area (Å²) < 4.78 is 5.29. The average Bonchev–Trinajstić information content (AvgIpc) is 2.35. The Morgan fingerprint density at radius 1 is 1.47 bits per heavy atom. The van der Waals surface area contributed by atoms with Gasteiger partial charge in [0.1, 0.15) is 18.4 Å². The van der Waals surface area contributed by atoms with E-state index in [0.717, 1.165) is 10.9 Å². The Kier molecular flexibility index (Phi) is 3.20. The van der Waals surface area contributed by atoms with Crippen LogP contribution >= 0.6 is 0 Å². The molecule has 3 N–H and O–H groups in total. The molecule has 0 aliphatic heterocycles. The van der Waals surface area contributed by atoms with Crippen molar-refractivity contribution in [3.63, 3.8) is 0 Å². The van der Waals surface area contributed by atoms with Gasteiger partial charge >= 0.3 is 5.97 Å². The summed E-state index contributed by atoms with van der Waals surface area (Å²) in [5.41, 5.74) is 6.14. The number of carbonyl (C=O) groups is 1. The number of fused-ring (bicyclic) bond motifs is 1. The Morgan fingerprint density at radius 2 is 2.29 bits per heavy atom. The van der Waals surface area contributed by atoms with E-state index in [9.17, 15) is 4.79 Å². The van der Waals surface area contributed by atoms with Crippen molar-refractivity contribution in [3.05, 3.63) is 36.5 Å². The molecule has 2 rings (SSSR count). The number of aliphatic carboxylic acids is 1. The molecule has 0 aliphatic carbocycles. The summed E-state index contributed by atoms with van der Waals surface area (Å²) >= 11 is 0. The summed E-state index contributed by atoms with van der Waals surface area (Å²) in [5, 5.41) is 9.62. The van der Waals surface area contributed by atoms with Gasteiger partial charge in [-0.2, -0.15) is 0 Å². The predicted octanol–water partition coefficient (Wildman–Crippen LogP) is 1.03. The standard InChI is InChI=1S/C12H12N2O3/c13-10(12(15)16)7-17-9-4-3-8-2-1-5-14-11(8)6-9/h1-6,10H,7,13H2,(H,15,16). The molecule has 1 aromatic heterocycles. The fourth-order valence-corrected chi connectivity index (χ4v) is 1.39. The summed E-state index contributed by atoms with van der Waals surface area (Å²) in [7, 11) is 0. The highest BCUT2D eigenvalue weighted by Crippen LogP contribution is 2.18. The minimum absolute atomic E-state index is 0.0618. The highest BCUT2D eigenvalue weighted by atomic mass is 16.5. The number of hydrogen-bond donors (Lipinski definition) is 2. The number of nitrogens with two attached hydrogens (primary N) is 1. The van der Waals surface area contributed by atoms with Crippen LogP contribution in [0, 0.1) is 0 Å². The van der Waals surface area contributed by atoms with Gasteiger partial charge in [0, 0.05) is 17.6 Å². The maximum Gasteiger partial charge on any atom is 0.324 e. The monoisotopic (exact) mass is 232 g/mol. The molecule has 1 unspecified atom stereocenters. The van der Waals surface area contributed by atoms with Gasteiger partial charge in [-0.1, -0.05) is 6.07 Å². The summed E-state index contributed by atoms with van der Waals surface area (Å²) in [6.07, 6.45) is 1.69. The SMILES string of the molecule is NC(COc1ccc2cccnc2c1)C(=O)O. The lowest BCUT2D eigenvalue weighted by molar-refractivity contribution is -0.139. The smallest absolute Gasteiger partial charge is 0.324 e. The number of pyridine rings is 1. The van der Waals surface area contributed by atoms with E-state index in [4.69, 9.17) is 15.6 Å². The molecule has 5 heteroatoms. The minimum atomic E-state index is -1.08. The van der Waals surface area contributed by atoms with E-state index in [1.54, 1.807) is 18.3 Å². The molecule has 0 amide bonds. The Morgan fingerprint density at radius 3 is 3.06 bits per heavy atom. The number of hydrogen-bond acceptors (Lipinski definition) is 4. The van der Waals surface area contributed by atoms with Gasteiger partial charge in [-0.3, -0.25) is 9.78 Å². The van der Waals surface area contributed by atoms with Gasteiger partial charge in [0.25, 0.3) is 0 Å². The van der Waals surface area contributed by atoms with Gasteiger partial charge in [0.2, 0.25) is 0 Å². The molecular formula is C12H12N2O3. The lowest BCUT2D eigenvalue weighted by atomic mass is 10.2. The Labute approximate surface area is 97.8 Å². The van der Waals surface area contributed by atoms with Crippen LogP contribution in [-0.4, -0.2) is 28.7 Å². The van der Waals surface area contributed by atoms with Gasteiger partial charge in [0.15, 0.2) is 0 Å². The predicted molar refractivity (Wildman–Crippen MR) is 62.8 cm³/mol. The van der Waals surface area contributed by atoms with Crippen molar-refractivity contribution < 1.29 is 14.6 Å². The lowest BCUT2D eigenvalue weighted by Gasteiger charge is -2.09. The molecule has 0 fully saturated rings. The van der Waals surface area contributed by atoms with Crippen molar-refractivity contribution in [2.75, 3.05) is 6.61 Å². The van der Waals surface area contributed by atoms with Crippen molar-refractivity contribution in [1.29, 1.82) is 0 Å². The van der Waals surface area contributed by atoms with Crippen LogP contribution in [0.5, 0.6) is 5.75 Å². The average molecular weight is 232 g/mol. The van der Waals surface area contributed by atoms with Crippen LogP contribution in [-0.2, 0) is 4.79 Å². The molecule has 0 spiro atoms. The second kappa shape index (κ2) is 4.80. The fourth-order valence-electron chi connectivity index (χ4n) is 1.39. The second-order valence-electron chi connectivity index (χ2n) is 3.61. The zero-order chi connectivity index (χ0) is 12.3. The highest BCUT2D eigenvalue weighted by Gasteiger charge is 2.11. The van der Waals surface area contributed by atoms with Gasteiger partial charge in [0.05, 0.1) is 5.52 Å². The lowest BCUT2D eigenvalue weighted by Crippen LogP contribution is -2.36. The molecule has 0 aliphatic rings. The maximum absolute atomic E-state index is 10.5. The van der Waals surface area contributed by atoms with Gasteiger partial charge in [-0.25, -0.2) is 0 Å². The number of ether oxygens (including phenoxy) is 1. The van der Waals surface area contributed by atoms with Crippen LogP contribution in [0.4, 0.5) is 0 Å². The second-order valence-corrected chi connectivity index (χ2v) is 3.61. The Hall–Kier alpha value is -2.14. The van der Waals surface area contributed by atoms with Crippen molar-refractivity contribution in [2.24, 2.45) is 5.73 Å². The highest BCUT2D eigenvalue weighted by molar-refractivity contribution is 5.79. The van der Waals surface area contributed by atoms with Gasteiger partial charge < -0.3 is 15.6 Å². The summed E-state index contributed by atoms with van der Waals surface area (Å²) in [6, 6.07) is 8.15. The first kappa shape index (κ1) is 11.3. The minimum Gasteiger partial charge on any atom is -0.491 e. The quantitative estimate of drug-likeness (QED) is 0.822. The number of nitrogens with zero attached hydrogens (tertiary/aromatic N) is 1. The molecule has 5 nitrogen and oxygen atoms in total. The molecule has 17 heavy (non-hydrogen) atoms. The van der Waals surface area contributed by atoms with Crippen molar-refractivity contribution in [1.82, 2.24) is 4.98 Å². The topological polar surface area (TPSA) is 85.4 Å². The summed E-state index contributed by atoms with van der Waals surface area (Å²) in [4.78, 5) is 14.7. The largest absolute Gasteiger partial charge is 0.491 e.